The van der Waals surface area contributed by atoms with Gasteiger partial charge in [0.15, 0.2) is 5.96 Å². The van der Waals surface area contributed by atoms with E-state index < -0.39 is 0 Å². The molecule has 3 nitrogen and oxygen atoms in total. The average molecular weight is 348 g/mol. The molecule has 0 saturated heterocycles. The van der Waals surface area contributed by atoms with Crippen LogP contribution in [-0.2, 0) is 6.54 Å². The van der Waals surface area contributed by atoms with Crippen LogP contribution in [0.3, 0.4) is 0 Å². The van der Waals surface area contributed by atoms with Crippen LogP contribution in [0.4, 0.5) is 4.39 Å². The average Bonchev–Trinajstić information content (AvgIpc) is 2.40. The van der Waals surface area contributed by atoms with Gasteiger partial charge in [-0.05, 0) is 31.4 Å². The van der Waals surface area contributed by atoms with Crippen molar-refractivity contribution in [3.05, 3.63) is 34.1 Å². The third kappa shape index (κ3) is 6.29. The lowest BCUT2D eigenvalue weighted by atomic mass is 10.2. The van der Waals surface area contributed by atoms with Gasteiger partial charge in [-0.15, -0.1) is 0 Å². The second kappa shape index (κ2) is 9.20. The Bertz CT molecular complexity index is 426. The summed E-state index contributed by atoms with van der Waals surface area (Å²) in [6.45, 7) is 3.95. The fourth-order valence-electron chi connectivity index (χ4n) is 1.44. The number of rotatable bonds is 6. The molecular weight excluding hydrogens is 329 g/mol. The quantitative estimate of drug-likeness (QED) is 0.471. The summed E-state index contributed by atoms with van der Waals surface area (Å²) in [5.41, 5.74) is 0.580. The van der Waals surface area contributed by atoms with Crippen LogP contribution < -0.4 is 10.6 Å². The molecule has 0 heterocycles. The first-order valence-corrected chi connectivity index (χ1v) is 8.31. The van der Waals surface area contributed by atoms with Crippen molar-refractivity contribution in [2.24, 2.45) is 4.99 Å². The van der Waals surface area contributed by atoms with Crippen LogP contribution in [0.2, 0.25) is 0 Å². The molecule has 0 bridgehead atoms. The van der Waals surface area contributed by atoms with Crippen molar-refractivity contribution in [2.75, 3.05) is 25.1 Å². The number of nitrogens with one attached hydrogen (secondary N) is 2. The van der Waals surface area contributed by atoms with Crippen molar-refractivity contribution in [3.8, 4) is 0 Å². The first-order valence-electron chi connectivity index (χ1n) is 6.12. The molecule has 0 aliphatic carbocycles. The van der Waals surface area contributed by atoms with Crippen LogP contribution in [0.25, 0.3) is 0 Å². The summed E-state index contributed by atoms with van der Waals surface area (Å²) in [7, 11) is 0. The summed E-state index contributed by atoms with van der Waals surface area (Å²) < 4.78 is 14.4. The Balaban J connectivity index is 2.65. The maximum Gasteiger partial charge on any atom is 0.191 e. The molecule has 1 aromatic rings. The number of thioether (sulfide) groups is 1. The van der Waals surface area contributed by atoms with Gasteiger partial charge in [0.2, 0.25) is 0 Å². The Morgan fingerprint density at radius 2 is 2.21 bits per heavy atom. The Labute approximate surface area is 126 Å². The molecule has 0 unspecified atom stereocenters. The highest BCUT2D eigenvalue weighted by molar-refractivity contribution is 9.10. The maximum absolute atomic E-state index is 13.6. The summed E-state index contributed by atoms with van der Waals surface area (Å²) in [6, 6.07) is 4.89. The molecule has 0 aromatic heterocycles. The van der Waals surface area contributed by atoms with Gasteiger partial charge in [-0.1, -0.05) is 15.9 Å². The number of benzene rings is 1. The molecule has 1 rings (SSSR count). The summed E-state index contributed by atoms with van der Waals surface area (Å²) in [5.74, 6) is 1.50. The predicted molar refractivity (Wildman–Crippen MR) is 85.3 cm³/mol. The molecule has 0 saturated carbocycles. The van der Waals surface area contributed by atoms with E-state index in [1.165, 1.54) is 6.07 Å². The molecule has 19 heavy (non-hydrogen) atoms. The van der Waals surface area contributed by atoms with Gasteiger partial charge in [-0.2, -0.15) is 11.8 Å². The lowest BCUT2D eigenvalue weighted by Gasteiger charge is -2.10. The van der Waals surface area contributed by atoms with Gasteiger partial charge in [-0.3, -0.25) is 0 Å². The van der Waals surface area contributed by atoms with E-state index in [1.807, 2.05) is 6.92 Å². The van der Waals surface area contributed by atoms with Crippen LogP contribution in [0.1, 0.15) is 12.5 Å². The second-order valence-electron chi connectivity index (χ2n) is 3.85. The molecule has 0 aliphatic heterocycles. The van der Waals surface area contributed by atoms with Crippen LogP contribution >= 0.6 is 27.7 Å². The molecular formula is C13H19BrFN3S. The molecule has 0 amide bonds. The first-order chi connectivity index (χ1) is 9.17. The van der Waals surface area contributed by atoms with Gasteiger partial charge in [0.25, 0.3) is 0 Å². The number of nitrogens with zero attached hydrogens (tertiary/aromatic N) is 1. The number of guanidine groups is 1. The van der Waals surface area contributed by atoms with Gasteiger partial charge < -0.3 is 10.6 Å². The minimum atomic E-state index is -0.230. The lowest BCUT2D eigenvalue weighted by molar-refractivity contribution is 0.610. The second-order valence-corrected chi connectivity index (χ2v) is 5.75. The number of aliphatic imine (C=N–C) groups is 1. The summed E-state index contributed by atoms with van der Waals surface area (Å²) in [4.78, 5) is 4.38. The molecule has 0 atom stereocenters. The van der Waals surface area contributed by atoms with E-state index in [1.54, 1.807) is 23.9 Å². The highest BCUT2D eigenvalue weighted by atomic mass is 79.9. The summed E-state index contributed by atoms with van der Waals surface area (Å²) in [6.07, 6.45) is 2.06. The van der Waals surface area contributed by atoms with Crippen LogP contribution in [0.15, 0.2) is 27.7 Å². The summed E-state index contributed by atoms with van der Waals surface area (Å²) >= 11 is 5.11. The molecule has 0 aliphatic rings. The Kier molecular flexibility index (Phi) is 7.90. The van der Waals surface area contributed by atoms with Crippen molar-refractivity contribution in [2.45, 2.75) is 13.5 Å². The lowest BCUT2D eigenvalue weighted by Crippen LogP contribution is -2.38. The fourth-order valence-corrected chi connectivity index (χ4v) is 2.16. The van der Waals surface area contributed by atoms with E-state index in [2.05, 4.69) is 37.8 Å². The van der Waals surface area contributed by atoms with Crippen molar-refractivity contribution in [1.29, 1.82) is 0 Å². The monoisotopic (exact) mass is 347 g/mol. The molecule has 0 radical (unpaired) electrons. The van der Waals surface area contributed by atoms with Crippen molar-refractivity contribution in [3.63, 3.8) is 0 Å². The highest BCUT2D eigenvalue weighted by Crippen LogP contribution is 2.16. The molecule has 106 valence electrons. The maximum atomic E-state index is 13.6. The Morgan fingerprint density at radius 1 is 1.42 bits per heavy atom. The molecule has 0 spiro atoms. The van der Waals surface area contributed by atoms with Crippen LogP contribution in [-0.4, -0.2) is 31.1 Å². The topological polar surface area (TPSA) is 36.4 Å². The van der Waals surface area contributed by atoms with E-state index in [4.69, 9.17) is 0 Å². The molecule has 6 heteroatoms. The predicted octanol–water partition coefficient (Wildman–Crippen LogP) is 3.01. The minimum Gasteiger partial charge on any atom is -0.357 e. The highest BCUT2D eigenvalue weighted by Gasteiger charge is 2.03. The zero-order valence-corrected chi connectivity index (χ0v) is 13.6. The number of hydrogen-bond donors (Lipinski definition) is 2. The van der Waals surface area contributed by atoms with E-state index in [-0.39, 0.29) is 5.82 Å². The zero-order valence-electron chi connectivity index (χ0n) is 11.2. The Hall–Kier alpha value is -0.750. The van der Waals surface area contributed by atoms with Crippen molar-refractivity contribution in [1.82, 2.24) is 10.6 Å². The normalized spacial score (nSPS) is 11.5. The van der Waals surface area contributed by atoms with Crippen LogP contribution in [0.5, 0.6) is 0 Å². The van der Waals surface area contributed by atoms with Gasteiger partial charge in [0, 0.05) is 28.9 Å². The molecule has 0 fully saturated rings. The van der Waals surface area contributed by atoms with Crippen LogP contribution in [0, 0.1) is 5.82 Å². The third-order valence-electron chi connectivity index (χ3n) is 2.36. The van der Waals surface area contributed by atoms with E-state index in [9.17, 15) is 4.39 Å². The summed E-state index contributed by atoms with van der Waals surface area (Å²) in [5, 5.41) is 6.35. The SMILES string of the molecule is CCNC(=NCc1cc(Br)ccc1F)NCCSC. The Morgan fingerprint density at radius 3 is 2.89 bits per heavy atom. The largest absolute Gasteiger partial charge is 0.357 e. The zero-order chi connectivity index (χ0) is 14.1. The van der Waals surface area contributed by atoms with Gasteiger partial charge in [0.1, 0.15) is 5.82 Å². The van der Waals surface area contributed by atoms with E-state index in [0.29, 0.717) is 12.1 Å². The standard InChI is InChI=1S/C13H19BrFN3S/c1-3-16-13(17-6-7-19-2)18-9-10-8-11(14)4-5-12(10)15/h4-5,8H,3,6-7,9H2,1-2H3,(H2,16,17,18). The smallest absolute Gasteiger partial charge is 0.191 e. The fraction of sp³-hybridized carbons (Fsp3) is 0.462. The first kappa shape index (κ1) is 16.3. The minimum absolute atomic E-state index is 0.230. The third-order valence-corrected chi connectivity index (χ3v) is 3.46. The number of hydrogen-bond acceptors (Lipinski definition) is 2. The van der Waals surface area contributed by atoms with Gasteiger partial charge in [-0.25, -0.2) is 9.38 Å². The van der Waals surface area contributed by atoms with Crippen molar-refractivity contribution >= 4 is 33.7 Å². The van der Waals surface area contributed by atoms with Gasteiger partial charge >= 0.3 is 0 Å². The molecule has 2 N–H and O–H groups in total. The van der Waals surface area contributed by atoms with Crippen molar-refractivity contribution < 1.29 is 4.39 Å². The van der Waals surface area contributed by atoms with E-state index in [0.717, 1.165) is 29.3 Å². The molecule has 1 aromatic carbocycles. The van der Waals surface area contributed by atoms with E-state index >= 15 is 0 Å². The van der Waals surface area contributed by atoms with Gasteiger partial charge in [0.05, 0.1) is 6.54 Å². The number of halogens is 2.